The number of rotatable bonds is 3. The molecule has 2 heterocycles. The molecule has 3 aromatic rings. The van der Waals surface area contributed by atoms with Crippen LogP contribution in [0.5, 0.6) is 11.6 Å². The second-order valence-electron chi connectivity index (χ2n) is 3.87. The Labute approximate surface area is 122 Å². The van der Waals surface area contributed by atoms with Gasteiger partial charge in [0.15, 0.2) is 0 Å². The maximum absolute atomic E-state index is 11.2. The van der Waals surface area contributed by atoms with Gasteiger partial charge in [-0.1, -0.05) is 11.6 Å². The number of fused-ring (bicyclic) bond motifs is 1. The van der Waals surface area contributed by atoms with Gasteiger partial charge in [0.1, 0.15) is 22.5 Å². The average molecular weight is 307 g/mol. The minimum atomic E-state index is -1.11. The lowest BCUT2D eigenvalue weighted by Gasteiger charge is -2.08. The quantitative estimate of drug-likeness (QED) is 0.796. The molecule has 0 saturated carbocycles. The predicted molar refractivity (Wildman–Crippen MR) is 75.9 cm³/mol. The smallest absolute Gasteiger partial charge is 0.339 e. The van der Waals surface area contributed by atoms with Crippen LogP contribution in [-0.4, -0.2) is 21.0 Å². The van der Waals surface area contributed by atoms with Crippen LogP contribution >= 0.6 is 22.9 Å². The molecule has 0 saturated heterocycles. The first-order valence-corrected chi connectivity index (χ1v) is 6.80. The summed E-state index contributed by atoms with van der Waals surface area (Å²) in [5.41, 5.74) is -0.0144. The van der Waals surface area contributed by atoms with Crippen molar-refractivity contribution < 1.29 is 14.6 Å². The zero-order valence-corrected chi connectivity index (χ0v) is 11.5. The van der Waals surface area contributed by atoms with Crippen molar-refractivity contribution >= 4 is 39.1 Å². The van der Waals surface area contributed by atoms with E-state index in [4.69, 9.17) is 16.3 Å². The van der Waals surface area contributed by atoms with E-state index in [2.05, 4.69) is 9.97 Å². The normalized spacial score (nSPS) is 10.7. The van der Waals surface area contributed by atoms with Gasteiger partial charge in [-0.15, -0.1) is 11.3 Å². The number of hydrogen-bond donors (Lipinski definition) is 1. The average Bonchev–Trinajstić information content (AvgIpc) is 2.90. The molecule has 0 fully saturated rings. The summed E-state index contributed by atoms with van der Waals surface area (Å²) in [7, 11) is 0. The van der Waals surface area contributed by atoms with Gasteiger partial charge in [-0.3, -0.25) is 0 Å². The number of benzene rings is 1. The molecule has 0 amide bonds. The second-order valence-corrected chi connectivity index (χ2v) is 5.20. The Morgan fingerprint density at radius 2 is 2.15 bits per heavy atom. The molecular weight excluding hydrogens is 300 g/mol. The molecular formula is C13H7ClN2O3S. The van der Waals surface area contributed by atoms with Gasteiger partial charge in [0, 0.05) is 5.02 Å². The van der Waals surface area contributed by atoms with Crippen LogP contribution in [0.3, 0.4) is 0 Å². The Bertz CT molecular complexity index is 803. The summed E-state index contributed by atoms with van der Waals surface area (Å²) in [6.45, 7) is 0. The second kappa shape index (κ2) is 5.07. The maximum Gasteiger partial charge on any atom is 0.339 e. The summed E-state index contributed by atoms with van der Waals surface area (Å²) < 4.78 is 5.61. The third-order valence-electron chi connectivity index (χ3n) is 2.60. The molecule has 0 unspecified atom stereocenters. The van der Waals surface area contributed by atoms with Crippen molar-refractivity contribution in [1.29, 1.82) is 0 Å². The van der Waals surface area contributed by atoms with Crippen LogP contribution in [-0.2, 0) is 0 Å². The standard InChI is InChI=1S/C13H7ClN2O3S/c14-7-1-2-10(9(5-7)13(17)18)19-11-8-3-4-20-12(8)16-6-15-11/h1-6H,(H,17,18). The van der Waals surface area contributed by atoms with Crippen molar-refractivity contribution in [2.45, 2.75) is 0 Å². The number of carbonyl (C=O) groups is 1. The first kappa shape index (κ1) is 12.8. The predicted octanol–water partition coefficient (Wildman–Crippen LogP) is 3.84. The lowest BCUT2D eigenvalue weighted by molar-refractivity contribution is 0.0694. The number of thiophene rings is 1. The largest absolute Gasteiger partial charge is 0.478 e. The Morgan fingerprint density at radius 1 is 1.30 bits per heavy atom. The van der Waals surface area contributed by atoms with Crippen molar-refractivity contribution in [3.05, 3.63) is 46.6 Å². The van der Waals surface area contributed by atoms with Crippen LogP contribution in [0.1, 0.15) is 10.4 Å². The molecule has 20 heavy (non-hydrogen) atoms. The lowest BCUT2D eigenvalue weighted by Crippen LogP contribution is -2.00. The van der Waals surface area contributed by atoms with Crippen LogP contribution in [0.15, 0.2) is 36.0 Å². The van der Waals surface area contributed by atoms with Crippen LogP contribution in [0.2, 0.25) is 5.02 Å². The number of aromatic nitrogens is 2. The van der Waals surface area contributed by atoms with Gasteiger partial charge < -0.3 is 9.84 Å². The molecule has 0 bridgehead atoms. The van der Waals surface area contributed by atoms with E-state index in [0.29, 0.717) is 10.9 Å². The molecule has 1 aromatic carbocycles. The van der Waals surface area contributed by atoms with Gasteiger partial charge in [0.05, 0.1) is 5.39 Å². The van der Waals surface area contributed by atoms with Crippen LogP contribution in [0.25, 0.3) is 10.2 Å². The number of carboxylic acids is 1. The topological polar surface area (TPSA) is 72.3 Å². The van der Waals surface area contributed by atoms with Gasteiger partial charge in [-0.25, -0.2) is 14.8 Å². The molecule has 3 rings (SSSR count). The Morgan fingerprint density at radius 3 is 2.95 bits per heavy atom. The van der Waals surface area contributed by atoms with Gasteiger partial charge in [-0.2, -0.15) is 0 Å². The van der Waals surface area contributed by atoms with Gasteiger partial charge >= 0.3 is 5.97 Å². The minimum Gasteiger partial charge on any atom is -0.478 e. The molecule has 100 valence electrons. The van der Waals surface area contributed by atoms with Gasteiger partial charge in [0.2, 0.25) is 5.88 Å². The molecule has 5 nitrogen and oxygen atoms in total. The maximum atomic E-state index is 11.2. The molecule has 0 aliphatic carbocycles. The zero-order valence-electron chi connectivity index (χ0n) is 9.91. The van der Waals surface area contributed by atoms with Crippen molar-refractivity contribution in [3.8, 4) is 11.6 Å². The van der Waals surface area contributed by atoms with Crippen molar-refractivity contribution in [2.75, 3.05) is 0 Å². The lowest BCUT2D eigenvalue weighted by atomic mass is 10.2. The molecule has 0 aliphatic heterocycles. The van der Waals surface area contributed by atoms with Crippen LogP contribution in [0.4, 0.5) is 0 Å². The summed E-state index contributed by atoms with van der Waals surface area (Å²) in [4.78, 5) is 20.1. The van der Waals surface area contributed by atoms with Crippen LogP contribution in [0, 0.1) is 0 Å². The number of carboxylic acid groups (broad SMARTS) is 1. The van der Waals surface area contributed by atoms with E-state index in [-0.39, 0.29) is 11.3 Å². The summed E-state index contributed by atoms with van der Waals surface area (Å²) in [6, 6.07) is 6.23. The highest BCUT2D eigenvalue weighted by Crippen LogP contribution is 2.32. The zero-order chi connectivity index (χ0) is 14.1. The fourth-order valence-electron chi connectivity index (χ4n) is 1.71. The first-order valence-electron chi connectivity index (χ1n) is 5.54. The van der Waals surface area contributed by atoms with Gasteiger partial charge in [-0.05, 0) is 29.6 Å². The highest BCUT2D eigenvalue weighted by Gasteiger charge is 2.15. The summed E-state index contributed by atoms with van der Waals surface area (Å²) >= 11 is 7.26. The van der Waals surface area contributed by atoms with E-state index in [1.54, 1.807) is 6.07 Å². The Kier molecular flexibility index (Phi) is 3.25. The molecule has 2 aromatic heterocycles. The molecule has 0 atom stereocenters. The minimum absolute atomic E-state index is 0.0144. The molecule has 0 spiro atoms. The first-order chi connectivity index (χ1) is 9.65. The Hall–Kier alpha value is -2.18. The monoisotopic (exact) mass is 306 g/mol. The van der Waals surface area contributed by atoms with E-state index in [1.807, 2.05) is 11.4 Å². The van der Waals surface area contributed by atoms with E-state index in [1.165, 1.54) is 29.8 Å². The van der Waals surface area contributed by atoms with Crippen molar-refractivity contribution in [3.63, 3.8) is 0 Å². The van der Waals surface area contributed by atoms with E-state index < -0.39 is 5.97 Å². The third-order valence-corrected chi connectivity index (χ3v) is 3.66. The summed E-state index contributed by atoms with van der Waals surface area (Å²) in [5.74, 6) is -0.604. The summed E-state index contributed by atoms with van der Waals surface area (Å²) in [5, 5.41) is 12.1. The number of ether oxygens (including phenoxy) is 1. The number of halogens is 1. The number of nitrogens with zero attached hydrogens (tertiary/aromatic N) is 2. The van der Waals surface area contributed by atoms with Gasteiger partial charge in [0.25, 0.3) is 0 Å². The highest BCUT2D eigenvalue weighted by atomic mass is 35.5. The van der Waals surface area contributed by atoms with Crippen LogP contribution < -0.4 is 4.74 Å². The molecule has 7 heteroatoms. The van der Waals surface area contributed by atoms with Crippen molar-refractivity contribution in [1.82, 2.24) is 9.97 Å². The fraction of sp³-hybridized carbons (Fsp3) is 0. The van der Waals surface area contributed by atoms with E-state index >= 15 is 0 Å². The molecule has 1 N–H and O–H groups in total. The third kappa shape index (κ3) is 2.31. The Balaban J connectivity index is 2.07. The number of aromatic carboxylic acids is 1. The summed E-state index contributed by atoms with van der Waals surface area (Å²) in [6.07, 6.45) is 1.38. The van der Waals surface area contributed by atoms with Crippen molar-refractivity contribution in [2.24, 2.45) is 0 Å². The molecule has 0 aliphatic rings. The molecule has 0 radical (unpaired) electrons. The fourth-order valence-corrected chi connectivity index (χ4v) is 2.61. The van der Waals surface area contributed by atoms with E-state index in [0.717, 1.165) is 10.2 Å². The SMILES string of the molecule is O=C(O)c1cc(Cl)ccc1Oc1ncnc2sccc12. The van der Waals surface area contributed by atoms with E-state index in [9.17, 15) is 9.90 Å². The highest BCUT2D eigenvalue weighted by molar-refractivity contribution is 7.16. The number of hydrogen-bond acceptors (Lipinski definition) is 5.